The average Bonchev–Trinajstić information content (AvgIpc) is 2.73. The molecule has 0 unspecified atom stereocenters. The number of para-hydroxylation sites is 1. The molecule has 1 aliphatic heterocycles. The fourth-order valence-corrected chi connectivity index (χ4v) is 3.46. The van der Waals surface area contributed by atoms with Crippen LogP contribution in [0.25, 0.3) is 0 Å². The zero-order valence-corrected chi connectivity index (χ0v) is 17.2. The number of hydrogen-bond donors (Lipinski definition) is 1. The van der Waals surface area contributed by atoms with Gasteiger partial charge in [-0.3, -0.25) is 14.5 Å². The van der Waals surface area contributed by atoms with Crippen LogP contribution in [0.1, 0.15) is 16.7 Å². The smallest absolute Gasteiger partial charge is 0.260 e. The van der Waals surface area contributed by atoms with Gasteiger partial charge in [0.05, 0.1) is 6.54 Å². The van der Waals surface area contributed by atoms with Crippen LogP contribution in [-0.2, 0) is 16.1 Å². The first-order valence-electron chi connectivity index (χ1n) is 10.0. The van der Waals surface area contributed by atoms with Gasteiger partial charge in [0.1, 0.15) is 5.75 Å². The highest BCUT2D eigenvalue weighted by Crippen LogP contribution is 2.22. The third-order valence-electron chi connectivity index (χ3n) is 5.17. The third-order valence-corrected chi connectivity index (χ3v) is 5.17. The summed E-state index contributed by atoms with van der Waals surface area (Å²) in [6.45, 7) is 7.50. The minimum atomic E-state index is -0.0131. The number of nitrogens with zero attached hydrogens (tertiary/aromatic N) is 2. The largest absolute Gasteiger partial charge is 0.483 e. The highest BCUT2D eigenvalue weighted by atomic mass is 16.5. The molecule has 2 amide bonds. The molecule has 0 radical (unpaired) electrons. The number of carbonyl (C=O) groups is 2. The van der Waals surface area contributed by atoms with Crippen molar-refractivity contribution in [1.29, 1.82) is 0 Å². The summed E-state index contributed by atoms with van der Waals surface area (Å²) in [6, 6.07) is 15.8. The molecule has 1 N–H and O–H groups in total. The molecule has 0 aromatic heterocycles. The van der Waals surface area contributed by atoms with Crippen molar-refractivity contribution < 1.29 is 14.3 Å². The second kappa shape index (κ2) is 10.1. The number of aryl methyl sites for hydroxylation is 2. The van der Waals surface area contributed by atoms with Crippen molar-refractivity contribution in [2.45, 2.75) is 20.4 Å². The fourth-order valence-electron chi connectivity index (χ4n) is 3.46. The maximum absolute atomic E-state index is 12.5. The molecule has 154 valence electrons. The molecule has 0 saturated carbocycles. The first-order chi connectivity index (χ1) is 14.0. The van der Waals surface area contributed by atoms with Gasteiger partial charge in [-0.15, -0.1) is 0 Å². The lowest BCUT2D eigenvalue weighted by atomic mass is 10.1. The molecule has 0 spiro atoms. The van der Waals surface area contributed by atoms with E-state index in [0.29, 0.717) is 39.3 Å². The van der Waals surface area contributed by atoms with Crippen molar-refractivity contribution in [2.24, 2.45) is 0 Å². The number of carbonyl (C=O) groups excluding carboxylic acids is 2. The van der Waals surface area contributed by atoms with Crippen molar-refractivity contribution >= 4 is 11.8 Å². The molecular weight excluding hydrogens is 366 g/mol. The number of nitrogens with one attached hydrogen (secondary N) is 1. The van der Waals surface area contributed by atoms with E-state index in [-0.39, 0.29) is 18.4 Å². The Kier molecular flexibility index (Phi) is 7.25. The second-order valence-corrected chi connectivity index (χ2v) is 7.43. The zero-order chi connectivity index (χ0) is 20.6. The quantitative estimate of drug-likeness (QED) is 0.780. The summed E-state index contributed by atoms with van der Waals surface area (Å²) >= 11 is 0. The molecule has 2 aromatic rings. The van der Waals surface area contributed by atoms with Crippen molar-refractivity contribution in [3.63, 3.8) is 0 Å². The molecule has 29 heavy (non-hydrogen) atoms. The number of rotatable bonds is 7. The van der Waals surface area contributed by atoms with Crippen LogP contribution in [-0.4, -0.2) is 60.9 Å². The van der Waals surface area contributed by atoms with Gasteiger partial charge in [0.25, 0.3) is 5.91 Å². The Labute approximate surface area is 172 Å². The van der Waals surface area contributed by atoms with E-state index in [1.165, 1.54) is 0 Å². The first-order valence-corrected chi connectivity index (χ1v) is 10.0. The molecule has 0 aliphatic carbocycles. The molecule has 1 heterocycles. The van der Waals surface area contributed by atoms with Gasteiger partial charge >= 0.3 is 0 Å². The molecule has 6 nitrogen and oxygen atoms in total. The molecule has 1 fully saturated rings. The van der Waals surface area contributed by atoms with Crippen LogP contribution < -0.4 is 10.1 Å². The molecule has 1 aliphatic rings. The van der Waals surface area contributed by atoms with Crippen LogP contribution in [0.15, 0.2) is 48.5 Å². The lowest BCUT2D eigenvalue weighted by molar-refractivity contribution is -0.135. The average molecular weight is 396 g/mol. The summed E-state index contributed by atoms with van der Waals surface area (Å²) in [7, 11) is 0. The van der Waals surface area contributed by atoms with Gasteiger partial charge in [-0.05, 0) is 30.5 Å². The van der Waals surface area contributed by atoms with E-state index in [1.807, 2.05) is 67.3 Å². The lowest BCUT2D eigenvalue weighted by Crippen LogP contribution is -2.52. The lowest BCUT2D eigenvalue weighted by Gasteiger charge is -2.34. The third kappa shape index (κ3) is 6.06. The van der Waals surface area contributed by atoms with E-state index >= 15 is 0 Å². The standard InChI is InChI=1S/C23H29N3O3/c1-18-7-6-8-19(2)23(18)29-17-22(28)26-13-11-25(12-14-26)16-21(27)24-15-20-9-4-3-5-10-20/h3-10H,11-17H2,1-2H3,(H,24,27). The van der Waals surface area contributed by atoms with Crippen molar-refractivity contribution in [3.8, 4) is 5.75 Å². The van der Waals surface area contributed by atoms with E-state index < -0.39 is 0 Å². The molecule has 1 saturated heterocycles. The molecular formula is C23H29N3O3. The van der Waals surface area contributed by atoms with Crippen LogP contribution in [0.5, 0.6) is 5.75 Å². The molecule has 3 rings (SSSR count). The Morgan fingerprint density at radius 2 is 1.59 bits per heavy atom. The van der Waals surface area contributed by atoms with Gasteiger partial charge in [-0.2, -0.15) is 0 Å². The SMILES string of the molecule is Cc1cccc(C)c1OCC(=O)N1CCN(CC(=O)NCc2ccccc2)CC1. The maximum atomic E-state index is 12.5. The summed E-state index contributed by atoms with van der Waals surface area (Å²) in [5.41, 5.74) is 3.15. The van der Waals surface area contributed by atoms with Gasteiger partial charge in [0.2, 0.25) is 5.91 Å². The number of piperazine rings is 1. The van der Waals surface area contributed by atoms with Gasteiger partial charge in [-0.25, -0.2) is 0 Å². The summed E-state index contributed by atoms with van der Waals surface area (Å²) in [5, 5.41) is 2.95. The Balaban J connectivity index is 1.38. The Morgan fingerprint density at radius 3 is 2.24 bits per heavy atom. The minimum Gasteiger partial charge on any atom is -0.483 e. The molecule has 0 atom stereocenters. The molecule has 2 aromatic carbocycles. The number of hydrogen-bond acceptors (Lipinski definition) is 4. The van der Waals surface area contributed by atoms with Gasteiger partial charge in [0.15, 0.2) is 6.61 Å². The van der Waals surface area contributed by atoms with Crippen molar-refractivity contribution in [1.82, 2.24) is 15.1 Å². The van der Waals surface area contributed by atoms with Crippen LogP contribution in [0.4, 0.5) is 0 Å². The molecule has 0 bridgehead atoms. The monoisotopic (exact) mass is 395 g/mol. The number of benzene rings is 2. The van der Waals surface area contributed by atoms with Crippen molar-refractivity contribution in [2.75, 3.05) is 39.3 Å². The van der Waals surface area contributed by atoms with Crippen LogP contribution >= 0.6 is 0 Å². The van der Waals surface area contributed by atoms with E-state index in [9.17, 15) is 9.59 Å². The van der Waals surface area contributed by atoms with E-state index in [2.05, 4.69) is 10.2 Å². The molecule has 6 heteroatoms. The zero-order valence-electron chi connectivity index (χ0n) is 17.2. The maximum Gasteiger partial charge on any atom is 0.260 e. The second-order valence-electron chi connectivity index (χ2n) is 7.43. The Bertz CT molecular complexity index is 810. The number of ether oxygens (including phenoxy) is 1. The fraction of sp³-hybridized carbons (Fsp3) is 0.391. The minimum absolute atomic E-state index is 0.00647. The van der Waals surface area contributed by atoms with Gasteiger partial charge < -0.3 is 15.0 Å². The normalized spacial score (nSPS) is 14.5. The summed E-state index contributed by atoms with van der Waals surface area (Å²) in [4.78, 5) is 28.5. The van der Waals surface area contributed by atoms with E-state index in [1.54, 1.807) is 0 Å². The summed E-state index contributed by atoms with van der Waals surface area (Å²) in [6.07, 6.45) is 0. The van der Waals surface area contributed by atoms with Gasteiger partial charge in [0, 0.05) is 32.7 Å². The van der Waals surface area contributed by atoms with Crippen LogP contribution in [0.2, 0.25) is 0 Å². The van der Waals surface area contributed by atoms with E-state index in [4.69, 9.17) is 4.74 Å². The Morgan fingerprint density at radius 1 is 0.931 bits per heavy atom. The van der Waals surface area contributed by atoms with E-state index in [0.717, 1.165) is 22.4 Å². The van der Waals surface area contributed by atoms with Crippen molar-refractivity contribution in [3.05, 3.63) is 65.2 Å². The predicted molar refractivity (Wildman–Crippen MR) is 113 cm³/mol. The predicted octanol–water partition coefficient (Wildman–Crippen LogP) is 2.14. The first kappa shape index (κ1) is 20.9. The topological polar surface area (TPSA) is 61.9 Å². The highest BCUT2D eigenvalue weighted by Gasteiger charge is 2.23. The highest BCUT2D eigenvalue weighted by molar-refractivity contribution is 5.79. The summed E-state index contributed by atoms with van der Waals surface area (Å²) in [5.74, 6) is 0.780. The van der Waals surface area contributed by atoms with Crippen LogP contribution in [0.3, 0.4) is 0 Å². The summed E-state index contributed by atoms with van der Waals surface area (Å²) < 4.78 is 5.78. The Hall–Kier alpha value is -2.86. The van der Waals surface area contributed by atoms with Crippen LogP contribution in [0, 0.1) is 13.8 Å². The number of amides is 2. The van der Waals surface area contributed by atoms with Gasteiger partial charge in [-0.1, -0.05) is 48.5 Å².